The van der Waals surface area contributed by atoms with Crippen LogP contribution in [0.25, 0.3) is 43.8 Å². The number of hydrogen-bond acceptors (Lipinski definition) is 2. The molecule has 5 rings (SSSR count). The summed E-state index contributed by atoms with van der Waals surface area (Å²) in [6.45, 7) is 0. The van der Waals surface area contributed by atoms with Crippen molar-refractivity contribution in [3.8, 4) is 17.2 Å². The van der Waals surface area contributed by atoms with E-state index in [-0.39, 0.29) is 0 Å². The Kier molecular flexibility index (Phi) is 2.89. The van der Waals surface area contributed by atoms with Crippen LogP contribution in [-0.4, -0.2) is 0 Å². The highest BCUT2D eigenvalue weighted by Gasteiger charge is 2.08. The first-order valence-electron chi connectivity index (χ1n) is 8.17. The highest BCUT2D eigenvalue weighted by Crippen LogP contribution is 2.33. The molecule has 0 spiro atoms. The van der Waals surface area contributed by atoms with E-state index in [1.54, 1.807) is 0 Å². The van der Waals surface area contributed by atoms with Crippen molar-refractivity contribution in [3.05, 3.63) is 84.4 Å². The van der Waals surface area contributed by atoms with Gasteiger partial charge in [-0.25, -0.2) is 0 Å². The number of furan rings is 1. The second-order valence-electron chi connectivity index (χ2n) is 6.20. The Labute approximate surface area is 144 Å². The molecule has 0 aliphatic heterocycles. The zero-order valence-corrected chi connectivity index (χ0v) is 13.4. The lowest BCUT2D eigenvalue weighted by molar-refractivity contribution is 0.669. The monoisotopic (exact) mass is 319 g/mol. The molecule has 0 radical (unpaired) electrons. The van der Waals surface area contributed by atoms with Crippen LogP contribution in [-0.2, 0) is 0 Å². The molecule has 0 N–H and O–H groups in total. The summed E-state index contributed by atoms with van der Waals surface area (Å²) in [4.78, 5) is 0. The molecular formula is C23H13NO. The van der Waals surface area contributed by atoms with E-state index in [2.05, 4.69) is 42.5 Å². The number of rotatable bonds is 1. The van der Waals surface area contributed by atoms with Gasteiger partial charge in [0.1, 0.15) is 11.2 Å². The molecule has 116 valence electrons. The van der Waals surface area contributed by atoms with Gasteiger partial charge in [-0.1, -0.05) is 42.5 Å². The molecule has 0 saturated carbocycles. The van der Waals surface area contributed by atoms with Crippen LogP contribution < -0.4 is 0 Å². The van der Waals surface area contributed by atoms with Crippen LogP contribution in [0.3, 0.4) is 0 Å². The van der Waals surface area contributed by atoms with E-state index in [0.717, 1.165) is 43.8 Å². The average molecular weight is 319 g/mol. The van der Waals surface area contributed by atoms with E-state index in [9.17, 15) is 0 Å². The second kappa shape index (κ2) is 5.22. The van der Waals surface area contributed by atoms with Crippen LogP contribution in [0.2, 0.25) is 0 Å². The fourth-order valence-electron chi connectivity index (χ4n) is 3.40. The minimum Gasteiger partial charge on any atom is -0.456 e. The van der Waals surface area contributed by atoms with Crippen LogP contribution in [0.1, 0.15) is 5.56 Å². The Bertz CT molecular complexity index is 1300. The van der Waals surface area contributed by atoms with Crippen molar-refractivity contribution in [2.45, 2.75) is 0 Å². The van der Waals surface area contributed by atoms with E-state index in [1.807, 2.05) is 42.5 Å². The zero-order valence-electron chi connectivity index (χ0n) is 13.4. The van der Waals surface area contributed by atoms with Crippen LogP contribution in [0.5, 0.6) is 0 Å². The summed E-state index contributed by atoms with van der Waals surface area (Å²) < 4.78 is 5.91. The van der Waals surface area contributed by atoms with Crippen molar-refractivity contribution in [1.29, 1.82) is 5.26 Å². The SMILES string of the molecule is N#Cc1ccc2cc(-c3ccc4oc5ccccc5c4c3)ccc2c1. The molecule has 0 atom stereocenters. The molecule has 0 aliphatic carbocycles. The Morgan fingerprint density at radius 2 is 1.36 bits per heavy atom. The maximum absolute atomic E-state index is 9.04. The van der Waals surface area contributed by atoms with Crippen LogP contribution in [0.15, 0.2) is 83.3 Å². The molecule has 0 saturated heterocycles. The third-order valence-electron chi connectivity index (χ3n) is 4.68. The lowest BCUT2D eigenvalue weighted by atomic mass is 9.99. The van der Waals surface area contributed by atoms with E-state index < -0.39 is 0 Å². The summed E-state index contributed by atoms with van der Waals surface area (Å²) in [5, 5.41) is 13.5. The zero-order chi connectivity index (χ0) is 16.8. The summed E-state index contributed by atoms with van der Waals surface area (Å²) in [5.74, 6) is 0. The molecule has 2 heteroatoms. The molecule has 0 unspecified atom stereocenters. The first-order chi connectivity index (χ1) is 12.3. The lowest BCUT2D eigenvalue weighted by Crippen LogP contribution is -1.81. The molecule has 4 aromatic carbocycles. The van der Waals surface area contributed by atoms with E-state index >= 15 is 0 Å². The predicted octanol–water partition coefficient (Wildman–Crippen LogP) is 6.28. The molecule has 2 nitrogen and oxygen atoms in total. The molecule has 0 aliphatic rings. The molecule has 0 bridgehead atoms. The van der Waals surface area contributed by atoms with Crippen LogP contribution in [0.4, 0.5) is 0 Å². The third-order valence-corrected chi connectivity index (χ3v) is 4.68. The van der Waals surface area contributed by atoms with Gasteiger partial charge in [0.2, 0.25) is 0 Å². The summed E-state index contributed by atoms with van der Waals surface area (Å²) in [7, 11) is 0. The number of benzene rings is 4. The van der Waals surface area contributed by atoms with Crippen molar-refractivity contribution < 1.29 is 4.42 Å². The Morgan fingerprint density at radius 3 is 2.28 bits per heavy atom. The number of fused-ring (bicyclic) bond motifs is 4. The quantitative estimate of drug-likeness (QED) is 0.365. The molecule has 1 heterocycles. The van der Waals surface area contributed by atoms with Gasteiger partial charge in [0.05, 0.1) is 11.6 Å². The Morgan fingerprint density at radius 1 is 0.640 bits per heavy atom. The number of para-hydroxylation sites is 1. The fraction of sp³-hybridized carbons (Fsp3) is 0. The topological polar surface area (TPSA) is 36.9 Å². The van der Waals surface area contributed by atoms with Gasteiger partial charge in [0, 0.05) is 10.8 Å². The number of nitrogens with zero attached hydrogens (tertiary/aromatic N) is 1. The van der Waals surface area contributed by atoms with Gasteiger partial charge in [-0.3, -0.25) is 0 Å². The molecule has 5 aromatic rings. The van der Waals surface area contributed by atoms with E-state index in [1.165, 1.54) is 0 Å². The molecule has 0 fully saturated rings. The van der Waals surface area contributed by atoms with Gasteiger partial charge < -0.3 is 4.42 Å². The highest BCUT2D eigenvalue weighted by atomic mass is 16.3. The maximum Gasteiger partial charge on any atom is 0.135 e. The average Bonchev–Trinajstić information content (AvgIpc) is 3.05. The highest BCUT2D eigenvalue weighted by molar-refractivity contribution is 6.06. The van der Waals surface area contributed by atoms with Crippen LogP contribution >= 0.6 is 0 Å². The van der Waals surface area contributed by atoms with Gasteiger partial charge in [-0.15, -0.1) is 0 Å². The molecule has 1 aromatic heterocycles. The van der Waals surface area contributed by atoms with E-state index in [0.29, 0.717) is 5.56 Å². The van der Waals surface area contributed by atoms with Gasteiger partial charge in [-0.05, 0) is 58.3 Å². The molecule has 0 amide bonds. The first kappa shape index (κ1) is 13.8. The lowest BCUT2D eigenvalue weighted by Gasteiger charge is -2.05. The van der Waals surface area contributed by atoms with Crippen molar-refractivity contribution in [2.75, 3.05) is 0 Å². The summed E-state index contributed by atoms with van der Waals surface area (Å²) in [6, 6.07) is 28.7. The largest absolute Gasteiger partial charge is 0.456 e. The smallest absolute Gasteiger partial charge is 0.135 e. The molecule has 25 heavy (non-hydrogen) atoms. The third kappa shape index (κ3) is 2.18. The van der Waals surface area contributed by atoms with Crippen molar-refractivity contribution in [1.82, 2.24) is 0 Å². The normalized spacial score (nSPS) is 11.2. The van der Waals surface area contributed by atoms with E-state index in [4.69, 9.17) is 9.68 Å². The number of hydrogen-bond donors (Lipinski definition) is 0. The van der Waals surface area contributed by atoms with Gasteiger partial charge >= 0.3 is 0 Å². The van der Waals surface area contributed by atoms with Crippen LogP contribution in [0, 0.1) is 11.3 Å². The van der Waals surface area contributed by atoms with Gasteiger partial charge in [0.15, 0.2) is 0 Å². The van der Waals surface area contributed by atoms with Gasteiger partial charge in [0.25, 0.3) is 0 Å². The Hall–Kier alpha value is -3.57. The van der Waals surface area contributed by atoms with Crippen molar-refractivity contribution >= 4 is 32.7 Å². The predicted molar refractivity (Wildman–Crippen MR) is 101 cm³/mol. The second-order valence-corrected chi connectivity index (χ2v) is 6.20. The van der Waals surface area contributed by atoms with Gasteiger partial charge in [-0.2, -0.15) is 5.26 Å². The summed E-state index contributed by atoms with van der Waals surface area (Å²) >= 11 is 0. The van der Waals surface area contributed by atoms with Crippen molar-refractivity contribution in [2.24, 2.45) is 0 Å². The molecular weight excluding hydrogens is 306 g/mol. The Balaban J connectivity index is 1.70. The fourth-order valence-corrected chi connectivity index (χ4v) is 3.40. The first-order valence-corrected chi connectivity index (χ1v) is 8.17. The minimum absolute atomic E-state index is 0.687. The van der Waals surface area contributed by atoms with Crippen molar-refractivity contribution in [3.63, 3.8) is 0 Å². The maximum atomic E-state index is 9.04. The summed E-state index contributed by atoms with van der Waals surface area (Å²) in [6.07, 6.45) is 0. The summed E-state index contributed by atoms with van der Waals surface area (Å²) in [5.41, 5.74) is 4.82. The standard InChI is InChI=1S/C23H13NO/c24-14-15-5-6-17-12-18(8-7-16(17)11-15)19-9-10-23-21(13-19)20-3-1-2-4-22(20)25-23/h1-13H. The number of nitriles is 1. The minimum atomic E-state index is 0.687.